The third kappa shape index (κ3) is 4.20. The molecule has 1 fully saturated rings. The molecule has 1 heterocycles. The van der Waals surface area contributed by atoms with E-state index in [0.29, 0.717) is 0 Å². The molecular formula is C19H22FN3OS. The van der Waals surface area contributed by atoms with Crippen LogP contribution in [-0.4, -0.2) is 43.3 Å². The number of piperazine rings is 1. The van der Waals surface area contributed by atoms with Crippen LogP contribution in [-0.2, 0) is 0 Å². The summed E-state index contributed by atoms with van der Waals surface area (Å²) in [6.45, 7) is 5.40. The minimum Gasteiger partial charge on any atom is -0.497 e. The van der Waals surface area contributed by atoms with Gasteiger partial charge in [-0.3, -0.25) is 0 Å². The van der Waals surface area contributed by atoms with E-state index in [1.807, 2.05) is 37.3 Å². The number of hydrogen-bond acceptors (Lipinski definition) is 3. The Kier molecular flexibility index (Phi) is 5.38. The maximum Gasteiger partial charge on any atom is 0.173 e. The van der Waals surface area contributed by atoms with Gasteiger partial charge in [-0.2, -0.15) is 0 Å². The van der Waals surface area contributed by atoms with Gasteiger partial charge in [-0.15, -0.1) is 0 Å². The highest BCUT2D eigenvalue weighted by Crippen LogP contribution is 2.22. The van der Waals surface area contributed by atoms with Gasteiger partial charge in [0.25, 0.3) is 0 Å². The van der Waals surface area contributed by atoms with Crippen LogP contribution in [0.4, 0.5) is 15.8 Å². The number of halogens is 1. The number of nitrogens with one attached hydrogen (secondary N) is 1. The van der Waals surface area contributed by atoms with E-state index in [9.17, 15) is 4.39 Å². The van der Waals surface area contributed by atoms with Crippen LogP contribution < -0.4 is 15.0 Å². The van der Waals surface area contributed by atoms with Crippen molar-refractivity contribution in [3.8, 4) is 5.75 Å². The molecule has 25 heavy (non-hydrogen) atoms. The molecule has 3 rings (SSSR count). The molecule has 132 valence electrons. The highest BCUT2D eigenvalue weighted by atomic mass is 32.1. The molecule has 1 saturated heterocycles. The van der Waals surface area contributed by atoms with Crippen LogP contribution in [0.5, 0.6) is 5.75 Å². The van der Waals surface area contributed by atoms with Gasteiger partial charge in [-0.25, -0.2) is 4.39 Å². The van der Waals surface area contributed by atoms with Crippen molar-refractivity contribution in [2.24, 2.45) is 0 Å². The zero-order valence-corrected chi connectivity index (χ0v) is 15.3. The van der Waals surface area contributed by atoms with Crippen molar-refractivity contribution in [3.63, 3.8) is 0 Å². The predicted molar refractivity (Wildman–Crippen MR) is 104 cm³/mol. The smallest absolute Gasteiger partial charge is 0.173 e. The molecule has 0 spiro atoms. The molecule has 0 radical (unpaired) electrons. The quantitative estimate of drug-likeness (QED) is 0.845. The van der Waals surface area contributed by atoms with E-state index in [4.69, 9.17) is 17.0 Å². The van der Waals surface area contributed by atoms with E-state index in [0.717, 1.165) is 54.0 Å². The van der Waals surface area contributed by atoms with Gasteiger partial charge in [-0.05, 0) is 67.2 Å². The van der Waals surface area contributed by atoms with Gasteiger partial charge in [0.1, 0.15) is 11.6 Å². The second kappa shape index (κ2) is 7.70. The Morgan fingerprint density at radius 1 is 1.08 bits per heavy atom. The first-order valence-electron chi connectivity index (χ1n) is 8.28. The summed E-state index contributed by atoms with van der Waals surface area (Å²) in [7, 11) is 1.66. The monoisotopic (exact) mass is 359 g/mol. The molecular weight excluding hydrogens is 337 g/mol. The van der Waals surface area contributed by atoms with Gasteiger partial charge in [0, 0.05) is 37.6 Å². The molecule has 4 nitrogen and oxygen atoms in total. The summed E-state index contributed by atoms with van der Waals surface area (Å²) >= 11 is 5.56. The highest BCUT2D eigenvalue weighted by Gasteiger charge is 2.19. The second-order valence-electron chi connectivity index (χ2n) is 6.06. The Balaban J connectivity index is 1.57. The van der Waals surface area contributed by atoms with Crippen LogP contribution in [0.25, 0.3) is 0 Å². The molecule has 0 amide bonds. The first kappa shape index (κ1) is 17.5. The Labute approximate surface area is 153 Å². The van der Waals surface area contributed by atoms with Gasteiger partial charge in [-0.1, -0.05) is 0 Å². The molecule has 0 aliphatic carbocycles. The van der Waals surface area contributed by atoms with Crippen molar-refractivity contribution >= 4 is 28.7 Å². The number of methoxy groups -OCH3 is 1. The van der Waals surface area contributed by atoms with E-state index in [2.05, 4.69) is 15.1 Å². The Morgan fingerprint density at radius 2 is 1.76 bits per heavy atom. The third-order valence-corrected chi connectivity index (χ3v) is 4.79. The summed E-state index contributed by atoms with van der Waals surface area (Å²) in [5.41, 5.74) is 3.13. The maximum atomic E-state index is 13.0. The van der Waals surface area contributed by atoms with Crippen molar-refractivity contribution in [3.05, 3.63) is 53.8 Å². The van der Waals surface area contributed by atoms with Gasteiger partial charge < -0.3 is 19.9 Å². The van der Waals surface area contributed by atoms with Crippen molar-refractivity contribution < 1.29 is 9.13 Å². The molecule has 2 aromatic rings. The van der Waals surface area contributed by atoms with Gasteiger partial charge in [0.2, 0.25) is 0 Å². The Morgan fingerprint density at radius 3 is 2.36 bits per heavy atom. The summed E-state index contributed by atoms with van der Waals surface area (Å²) in [5, 5.41) is 4.06. The summed E-state index contributed by atoms with van der Waals surface area (Å²) in [4.78, 5) is 4.41. The second-order valence-corrected chi connectivity index (χ2v) is 6.45. The minimum absolute atomic E-state index is 0.206. The van der Waals surface area contributed by atoms with Gasteiger partial charge in [0.15, 0.2) is 5.11 Å². The van der Waals surface area contributed by atoms with Crippen molar-refractivity contribution in [1.29, 1.82) is 0 Å². The topological polar surface area (TPSA) is 27.7 Å². The first-order chi connectivity index (χ1) is 12.1. The van der Waals surface area contributed by atoms with E-state index >= 15 is 0 Å². The number of hydrogen-bond donors (Lipinski definition) is 1. The van der Waals surface area contributed by atoms with Gasteiger partial charge >= 0.3 is 0 Å². The Bertz CT molecular complexity index is 743. The fourth-order valence-electron chi connectivity index (χ4n) is 2.92. The molecule has 1 aliphatic heterocycles. The number of aryl methyl sites for hydroxylation is 1. The molecule has 0 saturated carbocycles. The molecule has 2 aromatic carbocycles. The average Bonchev–Trinajstić information content (AvgIpc) is 2.64. The standard InChI is InChI=1S/C19H22FN3OS/c1-14-13-17(24-2)7-8-18(14)21-19(25)23-11-9-22(10-12-23)16-5-3-15(20)4-6-16/h3-8,13H,9-12H2,1-2H3,(H,21,25). The molecule has 1 N–H and O–H groups in total. The Hall–Kier alpha value is -2.34. The fourth-order valence-corrected chi connectivity index (χ4v) is 3.21. The lowest BCUT2D eigenvalue weighted by Gasteiger charge is -2.37. The van der Waals surface area contributed by atoms with Gasteiger partial charge in [0.05, 0.1) is 7.11 Å². The van der Waals surface area contributed by atoms with E-state index in [-0.39, 0.29) is 5.82 Å². The SMILES string of the molecule is COc1ccc(NC(=S)N2CCN(c3ccc(F)cc3)CC2)c(C)c1. The largest absolute Gasteiger partial charge is 0.497 e. The zero-order chi connectivity index (χ0) is 17.8. The highest BCUT2D eigenvalue weighted by molar-refractivity contribution is 7.80. The van der Waals surface area contributed by atoms with E-state index in [1.165, 1.54) is 12.1 Å². The third-order valence-electron chi connectivity index (χ3n) is 4.43. The first-order valence-corrected chi connectivity index (χ1v) is 8.69. The van der Waals surface area contributed by atoms with Crippen LogP contribution >= 0.6 is 12.2 Å². The maximum absolute atomic E-state index is 13.0. The molecule has 0 bridgehead atoms. The van der Waals surface area contributed by atoms with Crippen LogP contribution in [0.2, 0.25) is 0 Å². The minimum atomic E-state index is -0.206. The van der Waals surface area contributed by atoms with Crippen LogP contribution in [0.1, 0.15) is 5.56 Å². The van der Waals surface area contributed by atoms with Crippen LogP contribution in [0.3, 0.4) is 0 Å². The van der Waals surface area contributed by atoms with Crippen LogP contribution in [0.15, 0.2) is 42.5 Å². The lowest BCUT2D eigenvalue weighted by atomic mass is 10.2. The summed E-state index contributed by atoms with van der Waals surface area (Å²) in [5.74, 6) is 0.629. The lowest BCUT2D eigenvalue weighted by Crippen LogP contribution is -2.50. The number of benzene rings is 2. The number of ether oxygens (including phenoxy) is 1. The predicted octanol–water partition coefficient (Wildman–Crippen LogP) is 3.66. The lowest BCUT2D eigenvalue weighted by molar-refractivity contribution is 0.391. The van der Waals surface area contributed by atoms with E-state index in [1.54, 1.807) is 7.11 Å². The van der Waals surface area contributed by atoms with Crippen molar-refractivity contribution in [2.75, 3.05) is 43.5 Å². The number of anilines is 2. The van der Waals surface area contributed by atoms with E-state index < -0.39 is 0 Å². The number of nitrogens with zero attached hydrogens (tertiary/aromatic N) is 2. The zero-order valence-electron chi connectivity index (χ0n) is 14.5. The molecule has 0 aromatic heterocycles. The molecule has 0 atom stereocenters. The molecule has 0 unspecified atom stereocenters. The average molecular weight is 359 g/mol. The molecule has 1 aliphatic rings. The summed E-state index contributed by atoms with van der Waals surface area (Å²) < 4.78 is 18.3. The number of rotatable bonds is 3. The summed E-state index contributed by atoms with van der Waals surface area (Å²) in [6.07, 6.45) is 0. The van der Waals surface area contributed by atoms with Crippen molar-refractivity contribution in [1.82, 2.24) is 4.90 Å². The number of thiocarbonyl (C=S) groups is 1. The van der Waals surface area contributed by atoms with Crippen molar-refractivity contribution in [2.45, 2.75) is 6.92 Å². The summed E-state index contributed by atoms with van der Waals surface area (Å²) in [6, 6.07) is 12.5. The molecule has 6 heteroatoms. The fraction of sp³-hybridized carbons (Fsp3) is 0.316. The normalized spacial score (nSPS) is 14.4. The van der Waals surface area contributed by atoms with Crippen LogP contribution in [0, 0.1) is 12.7 Å².